The van der Waals surface area contributed by atoms with E-state index < -0.39 is 8.25 Å². The molecule has 14 heavy (non-hydrogen) atoms. The number of para-hydroxylation sites is 1. The van der Waals surface area contributed by atoms with Gasteiger partial charge in [0, 0.05) is 10.3 Å². The number of hydrogen-bond donors (Lipinski definition) is 3. The topological polar surface area (TPSA) is 86.6 Å². The third kappa shape index (κ3) is 3.22. The zero-order chi connectivity index (χ0) is 10.6. The van der Waals surface area contributed by atoms with Gasteiger partial charge >= 0.3 is 8.25 Å². The quantitative estimate of drug-likeness (QED) is 0.558. The number of nitrogens with one attached hydrogen (secondary N) is 1. The van der Waals surface area contributed by atoms with E-state index in [9.17, 15) is 4.79 Å². The van der Waals surface area contributed by atoms with Crippen LogP contribution in [0.2, 0.25) is 0 Å². The van der Waals surface area contributed by atoms with Gasteiger partial charge in [0.25, 0.3) is 0 Å². The van der Waals surface area contributed by atoms with Gasteiger partial charge in [-0.05, 0) is 11.6 Å². The van der Waals surface area contributed by atoms with E-state index in [0.717, 1.165) is 11.3 Å². The first-order valence-electron chi connectivity index (χ1n) is 3.82. The van der Waals surface area contributed by atoms with Gasteiger partial charge in [0.2, 0.25) is 5.91 Å². The summed E-state index contributed by atoms with van der Waals surface area (Å²) in [7, 11) is -2.87. The highest BCUT2D eigenvalue weighted by atomic mass is 31.1. The van der Waals surface area contributed by atoms with E-state index in [1.807, 2.05) is 24.3 Å². The fraction of sp³-hybridized carbons (Fsp3) is 0.125. The Morgan fingerprint density at radius 3 is 2.43 bits per heavy atom. The third-order valence-corrected chi connectivity index (χ3v) is 1.64. The summed E-state index contributed by atoms with van der Waals surface area (Å²) in [4.78, 5) is 25.0. The Morgan fingerprint density at radius 2 is 1.86 bits per heavy atom. The lowest BCUT2D eigenvalue weighted by atomic mass is 10.2. The van der Waals surface area contributed by atoms with Crippen molar-refractivity contribution in [2.45, 2.75) is 6.42 Å². The third-order valence-electron chi connectivity index (χ3n) is 1.64. The van der Waals surface area contributed by atoms with Gasteiger partial charge in [-0.15, -0.1) is 9.79 Å². The van der Waals surface area contributed by atoms with Gasteiger partial charge in [0.1, 0.15) is 0 Å². The number of anilines is 1. The summed E-state index contributed by atoms with van der Waals surface area (Å²) in [5, 5.41) is 2.76. The summed E-state index contributed by atoms with van der Waals surface area (Å²) in [6, 6.07) is 7.75. The normalized spacial score (nSPS) is 12.3. The van der Waals surface area contributed by atoms with Crippen LogP contribution in [0.15, 0.2) is 24.3 Å². The molecule has 74 valence electrons. The molecule has 1 aromatic carbocycles. The van der Waals surface area contributed by atoms with E-state index in [2.05, 4.69) is 5.32 Å². The second-order valence-corrected chi connectivity index (χ2v) is 3.14. The van der Waals surface area contributed by atoms with E-state index in [4.69, 9.17) is 14.4 Å². The Labute approximate surface area is 81.3 Å². The van der Waals surface area contributed by atoms with Gasteiger partial charge in [0.15, 0.2) is 0 Å². The van der Waals surface area contributed by atoms with Gasteiger partial charge in [-0.1, -0.05) is 18.2 Å². The monoisotopic (exact) mass is 214 g/mol. The van der Waals surface area contributed by atoms with Crippen molar-refractivity contribution in [3.63, 3.8) is 0 Å². The van der Waals surface area contributed by atoms with Crippen LogP contribution in [0.5, 0.6) is 0 Å². The van der Waals surface area contributed by atoms with Crippen LogP contribution in [0.4, 0.5) is 5.69 Å². The van der Waals surface area contributed by atoms with Gasteiger partial charge in [-0.2, -0.15) is 0 Å². The van der Waals surface area contributed by atoms with Crippen LogP contribution < -0.4 is 5.32 Å². The van der Waals surface area contributed by atoms with Crippen LogP contribution >= 0.6 is 8.25 Å². The van der Waals surface area contributed by atoms with Crippen LogP contribution in [0.25, 0.3) is 0 Å². The molecule has 0 aliphatic carbocycles. The van der Waals surface area contributed by atoms with Crippen molar-refractivity contribution in [1.82, 2.24) is 0 Å². The van der Waals surface area contributed by atoms with Crippen LogP contribution in [-0.4, -0.2) is 15.7 Å². The van der Waals surface area contributed by atoms with Crippen molar-refractivity contribution in [3.8, 4) is 0 Å². The van der Waals surface area contributed by atoms with Crippen LogP contribution in [0, 0.1) is 0 Å². The molecule has 1 heterocycles. The second kappa shape index (κ2) is 4.81. The number of carbonyl (C=O) groups is 1. The zero-order valence-corrected chi connectivity index (χ0v) is 8.07. The highest BCUT2D eigenvalue weighted by Crippen LogP contribution is 2.20. The van der Waals surface area contributed by atoms with Crippen LogP contribution in [-0.2, 0) is 15.8 Å². The first-order valence-corrected chi connectivity index (χ1v) is 4.99. The Balaban J connectivity index is 0.000000213. The highest BCUT2D eigenvalue weighted by molar-refractivity contribution is 7.30. The average Bonchev–Trinajstić information content (AvgIpc) is 2.42. The molecule has 0 radical (unpaired) electrons. The number of benzene rings is 1. The van der Waals surface area contributed by atoms with Gasteiger partial charge in [-0.25, -0.2) is 0 Å². The number of rotatable bonds is 0. The minimum atomic E-state index is -2.87. The number of fused-ring (bicyclic) bond motifs is 1. The lowest BCUT2D eigenvalue weighted by molar-refractivity contribution is -0.115. The summed E-state index contributed by atoms with van der Waals surface area (Å²) < 4.78 is 8.70. The lowest BCUT2D eigenvalue weighted by Crippen LogP contribution is -2.03. The molecule has 5 nitrogen and oxygen atoms in total. The SMILES string of the molecule is O=C1Cc2ccccc2N1.O=[P+](O)O. The molecule has 6 heteroatoms. The van der Waals surface area contributed by atoms with Crippen molar-refractivity contribution in [1.29, 1.82) is 0 Å². The van der Waals surface area contributed by atoms with E-state index in [1.54, 1.807) is 0 Å². The predicted molar refractivity (Wildman–Crippen MR) is 50.8 cm³/mol. The lowest BCUT2D eigenvalue weighted by Gasteiger charge is -1.93. The van der Waals surface area contributed by atoms with Crippen molar-refractivity contribution in [3.05, 3.63) is 29.8 Å². The first-order chi connectivity index (χ1) is 6.59. The molecule has 0 atom stereocenters. The molecule has 1 aromatic rings. The number of hydrogen-bond acceptors (Lipinski definition) is 2. The fourth-order valence-electron chi connectivity index (χ4n) is 1.16. The zero-order valence-electron chi connectivity index (χ0n) is 7.17. The number of amides is 1. The molecule has 3 N–H and O–H groups in total. The average molecular weight is 214 g/mol. The smallest absolute Gasteiger partial charge is 0.326 e. The summed E-state index contributed by atoms with van der Waals surface area (Å²) in [5.74, 6) is 0.0983. The molecule has 0 spiro atoms. The van der Waals surface area contributed by atoms with E-state index in [0.29, 0.717) is 6.42 Å². The molecular weight excluding hydrogens is 205 g/mol. The van der Waals surface area contributed by atoms with Crippen molar-refractivity contribution in [2.24, 2.45) is 0 Å². The molecule has 0 saturated carbocycles. The minimum absolute atomic E-state index is 0.0983. The molecule has 0 unspecified atom stereocenters. The predicted octanol–water partition coefficient (Wildman–Crippen LogP) is 0.810. The molecular formula is C8H9NO4P+. The van der Waals surface area contributed by atoms with E-state index in [-0.39, 0.29) is 5.91 Å². The molecule has 0 aromatic heterocycles. The molecule has 1 aliphatic rings. The van der Waals surface area contributed by atoms with E-state index in [1.165, 1.54) is 0 Å². The molecule has 2 rings (SSSR count). The van der Waals surface area contributed by atoms with Gasteiger partial charge in [0.05, 0.1) is 6.42 Å². The van der Waals surface area contributed by atoms with Crippen LogP contribution in [0.1, 0.15) is 5.56 Å². The van der Waals surface area contributed by atoms with Gasteiger partial charge in [-0.3, -0.25) is 4.79 Å². The Morgan fingerprint density at radius 1 is 1.29 bits per heavy atom. The summed E-state index contributed by atoms with van der Waals surface area (Å²) in [6.07, 6.45) is 0.538. The standard InChI is InChI=1S/C8H7NO.HO3P/c10-8-5-6-3-1-2-4-7(6)9-8;1-4(2)3/h1-4H,5H2,(H,9,10);(H-,1,2,3)/p+1. The van der Waals surface area contributed by atoms with Crippen molar-refractivity contribution >= 4 is 19.8 Å². The second-order valence-electron chi connectivity index (χ2n) is 2.63. The maximum Gasteiger partial charge on any atom is 0.692 e. The summed E-state index contributed by atoms with van der Waals surface area (Å²) >= 11 is 0. The Kier molecular flexibility index (Phi) is 3.71. The largest absolute Gasteiger partial charge is 0.692 e. The molecule has 1 amide bonds. The molecule has 0 saturated heterocycles. The van der Waals surface area contributed by atoms with Crippen molar-refractivity contribution in [2.75, 3.05) is 5.32 Å². The van der Waals surface area contributed by atoms with Gasteiger partial charge < -0.3 is 5.32 Å². The molecule has 0 fully saturated rings. The van der Waals surface area contributed by atoms with Crippen molar-refractivity contribution < 1.29 is 19.1 Å². The Bertz CT molecular complexity index is 335. The Hall–Kier alpha value is -1.29. The molecule has 0 bridgehead atoms. The maximum absolute atomic E-state index is 10.8. The summed E-state index contributed by atoms with van der Waals surface area (Å²) in [6.45, 7) is 0. The molecule has 1 aliphatic heterocycles. The maximum atomic E-state index is 10.8. The number of carbonyl (C=O) groups excluding carboxylic acids is 1. The highest BCUT2D eigenvalue weighted by Gasteiger charge is 2.15. The summed E-state index contributed by atoms with van der Waals surface area (Å²) in [5.41, 5.74) is 2.07. The first kappa shape index (κ1) is 10.8. The van der Waals surface area contributed by atoms with Crippen LogP contribution in [0.3, 0.4) is 0 Å². The van der Waals surface area contributed by atoms with E-state index >= 15 is 0 Å². The minimum Gasteiger partial charge on any atom is -0.326 e. The fourth-order valence-corrected chi connectivity index (χ4v) is 1.16.